The minimum Gasteiger partial charge on any atom is -0.492 e. The lowest BCUT2D eigenvalue weighted by Crippen LogP contribution is -2.38. The quantitative estimate of drug-likeness (QED) is 0.861. The molecule has 2 aliphatic rings. The number of allylic oxidation sites excluding steroid dienone is 1. The Balaban J connectivity index is 1.45. The molecule has 6 heteroatoms. The molecular formula is C22H26N2O4. The van der Waals surface area contributed by atoms with Crippen LogP contribution in [0.5, 0.6) is 11.6 Å². The number of morpholine rings is 1. The van der Waals surface area contributed by atoms with E-state index in [9.17, 15) is 4.79 Å². The largest absolute Gasteiger partial charge is 0.492 e. The molecule has 3 heterocycles. The van der Waals surface area contributed by atoms with Crippen LogP contribution < -0.4 is 14.9 Å². The highest BCUT2D eigenvalue weighted by atomic mass is 16.5. The lowest BCUT2D eigenvalue weighted by Gasteiger charge is -2.26. The first kappa shape index (κ1) is 18.8. The number of rotatable bonds is 5. The maximum atomic E-state index is 11.9. The minimum absolute atomic E-state index is 0.000395. The van der Waals surface area contributed by atoms with E-state index in [2.05, 4.69) is 35.9 Å². The van der Waals surface area contributed by atoms with Crippen molar-refractivity contribution >= 4 is 5.76 Å². The fourth-order valence-corrected chi connectivity index (χ4v) is 3.72. The molecule has 0 saturated carbocycles. The normalized spacial score (nSPS) is 16.9. The summed E-state index contributed by atoms with van der Waals surface area (Å²) in [5.74, 6) is 2.23. The molecule has 0 radical (unpaired) electrons. The second kappa shape index (κ2) is 8.20. The van der Waals surface area contributed by atoms with Gasteiger partial charge in [0.15, 0.2) is 5.43 Å². The predicted molar refractivity (Wildman–Crippen MR) is 108 cm³/mol. The standard InChI is InChI=1S/C22H26N2O4/c1-15-13-17(20-4-3-18-19(25)5-6-23-22(18)28-20)14-16(2)21(15)27-12-9-24-7-10-26-11-8-24/h4-6,13-14H,3,7-12H2,1-2H3,(H,23,25). The van der Waals surface area contributed by atoms with Gasteiger partial charge < -0.3 is 19.2 Å². The number of ether oxygens (including phenoxy) is 3. The molecule has 0 amide bonds. The van der Waals surface area contributed by atoms with E-state index in [4.69, 9.17) is 14.2 Å². The third-order valence-corrected chi connectivity index (χ3v) is 5.23. The Hall–Kier alpha value is -2.57. The molecule has 6 nitrogen and oxygen atoms in total. The SMILES string of the molecule is Cc1cc(C2=CCc3c([nH]ccc3=O)O2)cc(C)c1OCCN1CCOCC1. The summed E-state index contributed by atoms with van der Waals surface area (Å²) in [6.45, 7) is 9.22. The summed E-state index contributed by atoms with van der Waals surface area (Å²) in [7, 11) is 0. The monoisotopic (exact) mass is 382 g/mol. The summed E-state index contributed by atoms with van der Waals surface area (Å²) >= 11 is 0. The van der Waals surface area contributed by atoms with Crippen molar-refractivity contribution in [3.63, 3.8) is 0 Å². The Morgan fingerprint density at radius 3 is 2.68 bits per heavy atom. The molecule has 0 aliphatic carbocycles. The van der Waals surface area contributed by atoms with Crippen LogP contribution in [0.25, 0.3) is 5.76 Å². The van der Waals surface area contributed by atoms with Gasteiger partial charge in [0.2, 0.25) is 5.88 Å². The Morgan fingerprint density at radius 1 is 1.18 bits per heavy atom. The molecule has 1 saturated heterocycles. The molecule has 1 fully saturated rings. The molecule has 2 aliphatic heterocycles. The third-order valence-electron chi connectivity index (χ3n) is 5.23. The first-order chi connectivity index (χ1) is 13.6. The number of benzene rings is 1. The van der Waals surface area contributed by atoms with Crippen molar-refractivity contribution in [2.75, 3.05) is 39.5 Å². The number of nitrogens with one attached hydrogen (secondary N) is 1. The van der Waals surface area contributed by atoms with E-state index in [0.29, 0.717) is 24.5 Å². The first-order valence-electron chi connectivity index (χ1n) is 9.75. The van der Waals surface area contributed by atoms with Crippen LogP contribution in [0.4, 0.5) is 0 Å². The zero-order valence-corrected chi connectivity index (χ0v) is 16.4. The van der Waals surface area contributed by atoms with Crippen molar-refractivity contribution in [3.05, 3.63) is 62.9 Å². The van der Waals surface area contributed by atoms with Gasteiger partial charge in [0.1, 0.15) is 18.1 Å². The van der Waals surface area contributed by atoms with Crippen molar-refractivity contribution in [2.45, 2.75) is 20.3 Å². The number of aryl methyl sites for hydroxylation is 2. The molecule has 1 N–H and O–H groups in total. The molecule has 2 aromatic rings. The van der Waals surface area contributed by atoms with E-state index in [0.717, 1.165) is 61.0 Å². The zero-order chi connectivity index (χ0) is 19.5. The van der Waals surface area contributed by atoms with E-state index in [-0.39, 0.29) is 5.43 Å². The Bertz CT molecular complexity index is 919. The molecule has 1 aromatic carbocycles. The summed E-state index contributed by atoms with van der Waals surface area (Å²) in [4.78, 5) is 17.3. The van der Waals surface area contributed by atoms with Crippen molar-refractivity contribution in [3.8, 4) is 11.6 Å². The average Bonchev–Trinajstić information content (AvgIpc) is 2.70. The van der Waals surface area contributed by atoms with Gasteiger partial charge in [-0.1, -0.05) is 0 Å². The maximum Gasteiger partial charge on any atom is 0.204 e. The van der Waals surface area contributed by atoms with Crippen LogP contribution in [0.2, 0.25) is 0 Å². The summed E-state index contributed by atoms with van der Waals surface area (Å²) in [6.07, 6.45) is 4.15. The number of fused-ring (bicyclic) bond motifs is 1. The van der Waals surface area contributed by atoms with Crippen molar-refractivity contribution in [2.24, 2.45) is 0 Å². The van der Waals surface area contributed by atoms with E-state index in [1.807, 2.05) is 6.08 Å². The summed E-state index contributed by atoms with van der Waals surface area (Å²) < 4.78 is 17.4. The lowest BCUT2D eigenvalue weighted by molar-refractivity contribution is 0.0322. The molecular weight excluding hydrogens is 356 g/mol. The molecule has 0 bridgehead atoms. The van der Waals surface area contributed by atoms with Gasteiger partial charge >= 0.3 is 0 Å². The van der Waals surface area contributed by atoms with Crippen LogP contribution in [0.15, 0.2) is 35.3 Å². The highest BCUT2D eigenvalue weighted by molar-refractivity contribution is 5.67. The highest BCUT2D eigenvalue weighted by Crippen LogP contribution is 2.31. The number of nitrogens with zero attached hydrogens (tertiary/aromatic N) is 1. The zero-order valence-electron chi connectivity index (χ0n) is 16.4. The van der Waals surface area contributed by atoms with Crippen LogP contribution >= 0.6 is 0 Å². The number of pyridine rings is 1. The Kier molecular flexibility index (Phi) is 5.50. The molecule has 28 heavy (non-hydrogen) atoms. The Morgan fingerprint density at radius 2 is 1.93 bits per heavy atom. The fourth-order valence-electron chi connectivity index (χ4n) is 3.72. The van der Waals surface area contributed by atoms with Gasteiger partial charge in [-0.3, -0.25) is 9.69 Å². The topological polar surface area (TPSA) is 63.8 Å². The maximum absolute atomic E-state index is 11.9. The smallest absolute Gasteiger partial charge is 0.204 e. The molecule has 1 aromatic heterocycles. The number of aromatic amines is 1. The number of aromatic nitrogens is 1. The van der Waals surface area contributed by atoms with Gasteiger partial charge in [-0.15, -0.1) is 0 Å². The van der Waals surface area contributed by atoms with Crippen LogP contribution in [0.3, 0.4) is 0 Å². The minimum atomic E-state index is 0.000395. The second-order valence-electron chi connectivity index (χ2n) is 7.27. The highest BCUT2D eigenvalue weighted by Gasteiger charge is 2.18. The van der Waals surface area contributed by atoms with Gasteiger partial charge in [0.05, 0.1) is 18.8 Å². The van der Waals surface area contributed by atoms with Crippen molar-refractivity contribution in [1.29, 1.82) is 0 Å². The summed E-state index contributed by atoms with van der Waals surface area (Å²) in [6, 6.07) is 5.68. The van der Waals surface area contributed by atoms with Gasteiger partial charge in [0, 0.05) is 43.9 Å². The van der Waals surface area contributed by atoms with Crippen LogP contribution in [-0.2, 0) is 11.2 Å². The van der Waals surface area contributed by atoms with Crippen LogP contribution in [0.1, 0.15) is 22.3 Å². The second-order valence-corrected chi connectivity index (χ2v) is 7.27. The molecule has 4 rings (SSSR count). The summed E-state index contributed by atoms with van der Waals surface area (Å²) in [5, 5.41) is 0. The van der Waals surface area contributed by atoms with E-state index < -0.39 is 0 Å². The van der Waals surface area contributed by atoms with Crippen molar-refractivity contribution in [1.82, 2.24) is 9.88 Å². The number of hydrogen-bond donors (Lipinski definition) is 1. The molecule has 0 spiro atoms. The van der Waals surface area contributed by atoms with Crippen LogP contribution in [-0.4, -0.2) is 49.3 Å². The third kappa shape index (κ3) is 3.98. The molecule has 148 valence electrons. The van der Waals surface area contributed by atoms with Crippen molar-refractivity contribution < 1.29 is 14.2 Å². The molecule has 0 unspecified atom stereocenters. The Labute approximate surface area is 164 Å². The lowest BCUT2D eigenvalue weighted by atomic mass is 10.0. The van der Waals surface area contributed by atoms with E-state index in [1.165, 1.54) is 6.07 Å². The van der Waals surface area contributed by atoms with E-state index in [1.54, 1.807) is 6.20 Å². The van der Waals surface area contributed by atoms with Gasteiger partial charge in [-0.25, -0.2) is 0 Å². The predicted octanol–water partition coefficient (Wildman–Crippen LogP) is 2.68. The number of H-pyrrole nitrogens is 1. The summed E-state index contributed by atoms with van der Waals surface area (Å²) in [5.41, 5.74) is 3.82. The van der Waals surface area contributed by atoms with Gasteiger partial charge in [-0.05, 0) is 43.2 Å². The van der Waals surface area contributed by atoms with Gasteiger partial charge in [0.25, 0.3) is 0 Å². The first-order valence-corrected chi connectivity index (χ1v) is 9.75. The number of hydrogen-bond acceptors (Lipinski definition) is 5. The van der Waals surface area contributed by atoms with Crippen LogP contribution in [0, 0.1) is 13.8 Å². The van der Waals surface area contributed by atoms with E-state index >= 15 is 0 Å². The molecule has 0 atom stereocenters. The average molecular weight is 382 g/mol. The van der Waals surface area contributed by atoms with Gasteiger partial charge in [-0.2, -0.15) is 0 Å². The fraction of sp³-hybridized carbons (Fsp3) is 0.409.